The molecular weight excluding hydrogens is 412 g/mol. The van der Waals surface area contributed by atoms with E-state index in [2.05, 4.69) is 53.3 Å². The fourth-order valence-corrected chi connectivity index (χ4v) is 4.10. The average Bonchev–Trinajstić information content (AvgIpc) is 2.84. The van der Waals surface area contributed by atoms with Crippen molar-refractivity contribution in [3.8, 4) is 0 Å². The van der Waals surface area contributed by atoms with E-state index in [1.165, 1.54) is 5.39 Å². The lowest BCUT2D eigenvalue weighted by Gasteiger charge is -2.35. The summed E-state index contributed by atoms with van der Waals surface area (Å²) < 4.78 is 0. The van der Waals surface area contributed by atoms with Crippen LogP contribution in [0.5, 0.6) is 0 Å². The number of piperazine rings is 1. The molecule has 1 saturated heterocycles. The molecular formula is C27H32N4O2. The van der Waals surface area contributed by atoms with Crippen molar-refractivity contribution in [3.05, 3.63) is 71.9 Å². The van der Waals surface area contributed by atoms with Crippen LogP contribution in [-0.4, -0.2) is 54.4 Å². The molecule has 1 fully saturated rings. The van der Waals surface area contributed by atoms with Crippen molar-refractivity contribution in [2.24, 2.45) is 5.92 Å². The molecule has 0 saturated carbocycles. The summed E-state index contributed by atoms with van der Waals surface area (Å²) in [6, 6.07) is 18.2. The highest BCUT2D eigenvalue weighted by molar-refractivity contribution is 5.94. The summed E-state index contributed by atoms with van der Waals surface area (Å²) in [6.45, 7) is 7.76. The topological polar surface area (TPSA) is 65.5 Å². The lowest BCUT2D eigenvalue weighted by Crippen LogP contribution is -2.49. The van der Waals surface area contributed by atoms with Gasteiger partial charge in [0.2, 0.25) is 5.91 Å². The van der Waals surface area contributed by atoms with E-state index in [0.29, 0.717) is 37.5 Å². The molecule has 1 aliphatic heterocycles. The van der Waals surface area contributed by atoms with Crippen LogP contribution in [0.3, 0.4) is 0 Å². The van der Waals surface area contributed by atoms with Gasteiger partial charge in [-0.25, -0.2) is 4.98 Å². The Morgan fingerprint density at radius 2 is 1.73 bits per heavy atom. The molecule has 33 heavy (non-hydrogen) atoms. The van der Waals surface area contributed by atoms with Gasteiger partial charge in [-0.1, -0.05) is 56.3 Å². The van der Waals surface area contributed by atoms with E-state index in [9.17, 15) is 9.59 Å². The molecule has 6 heteroatoms. The maximum absolute atomic E-state index is 12.8. The minimum absolute atomic E-state index is 0.0844. The Morgan fingerprint density at radius 1 is 0.970 bits per heavy atom. The summed E-state index contributed by atoms with van der Waals surface area (Å²) in [6.07, 6.45) is 3.02. The Bertz CT molecular complexity index is 1100. The number of rotatable bonds is 7. The van der Waals surface area contributed by atoms with Crippen molar-refractivity contribution >= 4 is 28.4 Å². The quantitative estimate of drug-likeness (QED) is 0.600. The Hall–Kier alpha value is -3.41. The SMILES string of the molecule is CC(C)CCNC(=O)c1ccc(N2CCN(C(=O)Cc3ccc4ccccc4c3)CC2)nc1. The molecule has 2 heterocycles. The van der Waals surface area contributed by atoms with Crippen LogP contribution in [0.25, 0.3) is 10.8 Å². The molecule has 0 aliphatic carbocycles. The number of fused-ring (bicyclic) bond motifs is 1. The molecule has 0 bridgehead atoms. The molecule has 0 radical (unpaired) electrons. The lowest BCUT2D eigenvalue weighted by molar-refractivity contribution is -0.130. The number of nitrogens with one attached hydrogen (secondary N) is 1. The van der Waals surface area contributed by atoms with Crippen LogP contribution < -0.4 is 10.2 Å². The number of carbonyl (C=O) groups is 2. The molecule has 0 unspecified atom stereocenters. The zero-order valence-corrected chi connectivity index (χ0v) is 19.5. The third-order valence-corrected chi connectivity index (χ3v) is 6.14. The van der Waals surface area contributed by atoms with Gasteiger partial charge in [-0.2, -0.15) is 0 Å². The van der Waals surface area contributed by atoms with E-state index in [1.807, 2.05) is 35.2 Å². The highest BCUT2D eigenvalue weighted by Gasteiger charge is 2.22. The first-order valence-electron chi connectivity index (χ1n) is 11.7. The molecule has 0 atom stereocenters. The zero-order valence-electron chi connectivity index (χ0n) is 19.5. The van der Waals surface area contributed by atoms with Crippen molar-refractivity contribution in [1.82, 2.24) is 15.2 Å². The average molecular weight is 445 g/mol. The summed E-state index contributed by atoms with van der Waals surface area (Å²) in [5.74, 6) is 1.48. The second-order valence-electron chi connectivity index (χ2n) is 9.07. The summed E-state index contributed by atoms with van der Waals surface area (Å²) in [4.78, 5) is 33.7. The minimum Gasteiger partial charge on any atom is -0.353 e. The van der Waals surface area contributed by atoms with Crippen LogP contribution in [0.1, 0.15) is 36.2 Å². The molecule has 1 N–H and O–H groups in total. The van der Waals surface area contributed by atoms with Gasteiger partial charge in [0.15, 0.2) is 0 Å². The molecule has 1 aliphatic rings. The Labute approximate surface area is 195 Å². The number of nitrogens with zero attached hydrogens (tertiary/aromatic N) is 3. The number of benzene rings is 2. The summed E-state index contributed by atoms with van der Waals surface area (Å²) in [5, 5.41) is 5.29. The predicted octanol–water partition coefficient (Wildman–Crippen LogP) is 3.90. The fourth-order valence-electron chi connectivity index (χ4n) is 4.10. The van der Waals surface area contributed by atoms with Gasteiger partial charge in [-0.05, 0) is 40.8 Å². The van der Waals surface area contributed by atoms with Gasteiger partial charge in [0, 0.05) is 38.9 Å². The molecule has 2 aromatic carbocycles. The van der Waals surface area contributed by atoms with E-state index < -0.39 is 0 Å². The van der Waals surface area contributed by atoms with Crippen LogP contribution in [-0.2, 0) is 11.2 Å². The van der Waals surface area contributed by atoms with Crippen LogP contribution in [0.15, 0.2) is 60.8 Å². The molecule has 6 nitrogen and oxygen atoms in total. The summed E-state index contributed by atoms with van der Waals surface area (Å²) >= 11 is 0. The third kappa shape index (κ3) is 5.89. The first kappa shape index (κ1) is 22.8. The minimum atomic E-state index is -0.0844. The standard InChI is InChI=1S/C27H32N4O2/c1-20(2)11-12-28-27(33)24-9-10-25(29-19-24)30-13-15-31(16-14-30)26(32)18-21-7-8-22-5-3-4-6-23(22)17-21/h3-10,17,19-20H,11-16,18H2,1-2H3,(H,28,33). The van der Waals surface area contributed by atoms with Crippen LogP contribution in [0.2, 0.25) is 0 Å². The Kier molecular flexibility index (Phi) is 7.23. The normalized spacial score (nSPS) is 14.0. The van der Waals surface area contributed by atoms with Crippen LogP contribution in [0, 0.1) is 5.92 Å². The smallest absolute Gasteiger partial charge is 0.252 e. The Balaban J connectivity index is 1.28. The second kappa shape index (κ2) is 10.5. The van der Waals surface area contributed by atoms with Crippen molar-refractivity contribution in [3.63, 3.8) is 0 Å². The van der Waals surface area contributed by atoms with E-state index in [0.717, 1.165) is 36.3 Å². The van der Waals surface area contributed by atoms with Gasteiger partial charge in [0.05, 0.1) is 12.0 Å². The van der Waals surface area contributed by atoms with Gasteiger partial charge in [-0.15, -0.1) is 0 Å². The molecule has 4 rings (SSSR count). The maximum Gasteiger partial charge on any atom is 0.252 e. The van der Waals surface area contributed by atoms with Gasteiger partial charge in [-0.3, -0.25) is 9.59 Å². The van der Waals surface area contributed by atoms with E-state index >= 15 is 0 Å². The number of anilines is 1. The van der Waals surface area contributed by atoms with Gasteiger partial charge >= 0.3 is 0 Å². The summed E-state index contributed by atoms with van der Waals surface area (Å²) in [5.41, 5.74) is 1.62. The van der Waals surface area contributed by atoms with Crippen molar-refractivity contribution in [2.45, 2.75) is 26.7 Å². The number of hydrogen-bond acceptors (Lipinski definition) is 4. The van der Waals surface area contributed by atoms with E-state index in [-0.39, 0.29) is 11.8 Å². The molecule has 3 aromatic rings. The first-order valence-corrected chi connectivity index (χ1v) is 11.7. The molecule has 2 amide bonds. The molecule has 1 aromatic heterocycles. The number of carbonyl (C=O) groups excluding carboxylic acids is 2. The first-order chi connectivity index (χ1) is 16.0. The second-order valence-corrected chi connectivity index (χ2v) is 9.07. The number of hydrogen-bond donors (Lipinski definition) is 1. The van der Waals surface area contributed by atoms with E-state index in [1.54, 1.807) is 6.20 Å². The number of amides is 2. The third-order valence-electron chi connectivity index (χ3n) is 6.14. The van der Waals surface area contributed by atoms with Gasteiger partial charge in [0.25, 0.3) is 5.91 Å². The molecule has 0 spiro atoms. The maximum atomic E-state index is 12.8. The number of pyridine rings is 1. The Morgan fingerprint density at radius 3 is 2.42 bits per heavy atom. The zero-order chi connectivity index (χ0) is 23.2. The highest BCUT2D eigenvalue weighted by atomic mass is 16.2. The summed E-state index contributed by atoms with van der Waals surface area (Å²) in [7, 11) is 0. The van der Waals surface area contributed by atoms with Crippen molar-refractivity contribution < 1.29 is 9.59 Å². The highest BCUT2D eigenvalue weighted by Crippen LogP contribution is 2.18. The fraction of sp³-hybridized carbons (Fsp3) is 0.370. The van der Waals surface area contributed by atoms with E-state index in [4.69, 9.17) is 0 Å². The van der Waals surface area contributed by atoms with Gasteiger partial charge < -0.3 is 15.1 Å². The van der Waals surface area contributed by atoms with Crippen LogP contribution in [0.4, 0.5) is 5.82 Å². The van der Waals surface area contributed by atoms with Crippen molar-refractivity contribution in [1.29, 1.82) is 0 Å². The predicted molar refractivity (Wildman–Crippen MR) is 132 cm³/mol. The van der Waals surface area contributed by atoms with Crippen molar-refractivity contribution in [2.75, 3.05) is 37.6 Å². The largest absolute Gasteiger partial charge is 0.353 e. The number of aromatic nitrogens is 1. The van der Waals surface area contributed by atoms with Gasteiger partial charge in [0.1, 0.15) is 5.82 Å². The lowest BCUT2D eigenvalue weighted by atomic mass is 10.0. The molecule has 172 valence electrons. The van der Waals surface area contributed by atoms with Crippen LogP contribution >= 0.6 is 0 Å². The monoisotopic (exact) mass is 444 g/mol.